The highest BCUT2D eigenvalue weighted by atomic mass is 32.2. The first-order valence-corrected chi connectivity index (χ1v) is 7.49. The standard InChI is InChI=1S/C13H21NO3S/c1-8(9(2)13(16)17)12(15)14-10-4-6-11(18-3)7-5-10/h10-11H,4-7H2,1-3H3,(H,14,15)(H,16,17). The first-order chi connectivity index (χ1) is 8.45. The van der Waals surface area contributed by atoms with E-state index in [0.29, 0.717) is 10.8 Å². The summed E-state index contributed by atoms with van der Waals surface area (Å²) in [4.78, 5) is 22.6. The lowest BCUT2D eigenvalue weighted by molar-refractivity contribution is -0.133. The molecule has 0 spiro atoms. The molecule has 0 aromatic rings. The van der Waals surface area contributed by atoms with Crippen LogP contribution >= 0.6 is 11.8 Å². The van der Waals surface area contributed by atoms with Gasteiger partial charge in [-0.2, -0.15) is 11.8 Å². The Labute approximate surface area is 112 Å². The lowest BCUT2D eigenvalue weighted by Gasteiger charge is -2.28. The molecule has 0 atom stereocenters. The fourth-order valence-electron chi connectivity index (χ4n) is 2.07. The van der Waals surface area contributed by atoms with Gasteiger partial charge in [-0.05, 0) is 45.8 Å². The zero-order chi connectivity index (χ0) is 13.7. The molecule has 0 bridgehead atoms. The monoisotopic (exact) mass is 271 g/mol. The zero-order valence-electron chi connectivity index (χ0n) is 11.2. The average Bonchev–Trinajstić information content (AvgIpc) is 2.37. The van der Waals surface area contributed by atoms with Crippen molar-refractivity contribution < 1.29 is 14.7 Å². The van der Waals surface area contributed by atoms with Crippen molar-refractivity contribution in [3.63, 3.8) is 0 Å². The Morgan fingerprint density at radius 2 is 1.67 bits per heavy atom. The number of rotatable bonds is 4. The van der Waals surface area contributed by atoms with Crippen molar-refractivity contribution in [2.75, 3.05) is 6.26 Å². The van der Waals surface area contributed by atoms with E-state index >= 15 is 0 Å². The summed E-state index contributed by atoms with van der Waals surface area (Å²) in [5, 5.41) is 12.5. The minimum Gasteiger partial charge on any atom is -0.478 e. The van der Waals surface area contributed by atoms with Crippen molar-refractivity contribution in [1.82, 2.24) is 5.32 Å². The second-order valence-electron chi connectivity index (χ2n) is 4.74. The number of nitrogens with one attached hydrogen (secondary N) is 1. The SMILES string of the molecule is CSC1CCC(NC(=O)C(C)=C(C)C(=O)O)CC1. The summed E-state index contributed by atoms with van der Waals surface area (Å²) in [6.45, 7) is 3.02. The molecule has 4 nitrogen and oxygen atoms in total. The van der Waals surface area contributed by atoms with Crippen LogP contribution in [0.4, 0.5) is 0 Å². The molecule has 1 saturated carbocycles. The van der Waals surface area contributed by atoms with Crippen molar-refractivity contribution >= 4 is 23.6 Å². The predicted molar refractivity (Wildman–Crippen MR) is 73.7 cm³/mol. The molecule has 18 heavy (non-hydrogen) atoms. The number of carbonyl (C=O) groups excluding carboxylic acids is 1. The Kier molecular flexibility index (Phi) is 5.72. The van der Waals surface area contributed by atoms with Crippen molar-refractivity contribution in [1.29, 1.82) is 0 Å². The first kappa shape index (κ1) is 15.1. The smallest absolute Gasteiger partial charge is 0.331 e. The van der Waals surface area contributed by atoms with Crippen molar-refractivity contribution in [2.24, 2.45) is 0 Å². The van der Waals surface area contributed by atoms with Crippen LogP contribution in [-0.4, -0.2) is 34.5 Å². The number of amides is 1. The summed E-state index contributed by atoms with van der Waals surface area (Å²) >= 11 is 1.88. The molecule has 1 rings (SSSR count). The fourth-order valence-corrected chi connectivity index (χ4v) is 2.81. The van der Waals surface area contributed by atoms with Crippen LogP contribution in [0.1, 0.15) is 39.5 Å². The highest BCUT2D eigenvalue weighted by molar-refractivity contribution is 7.99. The van der Waals surface area contributed by atoms with Crippen LogP contribution in [0.5, 0.6) is 0 Å². The highest BCUT2D eigenvalue weighted by Gasteiger charge is 2.22. The van der Waals surface area contributed by atoms with Crippen LogP contribution in [0, 0.1) is 0 Å². The number of hydrogen-bond acceptors (Lipinski definition) is 3. The number of carboxylic acid groups (broad SMARTS) is 1. The van der Waals surface area contributed by atoms with Gasteiger partial charge in [0.25, 0.3) is 0 Å². The zero-order valence-corrected chi connectivity index (χ0v) is 12.0. The van der Waals surface area contributed by atoms with E-state index in [0.717, 1.165) is 25.7 Å². The minimum atomic E-state index is -1.03. The van der Waals surface area contributed by atoms with Gasteiger partial charge >= 0.3 is 5.97 Å². The summed E-state index contributed by atoms with van der Waals surface area (Å²) in [5.74, 6) is -1.28. The van der Waals surface area contributed by atoms with Crippen LogP contribution in [0.3, 0.4) is 0 Å². The molecule has 1 aliphatic rings. The van der Waals surface area contributed by atoms with E-state index in [2.05, 4.69) is 11.6 Å². The summed E-state index contributed by atoms with van der Waals surface area (Å²) in [6.07, 6.45) is 6.32. The van der Waals surface area contributed by atoms with E-state index in [1.165, 1.54) is 6.92 Å². The molecule has 0 saturated heterocycles. The van der Waals surface area contributed by atoms with Crippen LogP contribution in [0.25, 0.3) is 0 Å². The van der Waals surface area contributed by atoms with E-state index < -0.39 is 5.97 Å². The molecule has 0 unspecified atom stereocenters. The second kappa shape index (κ2) is 6.83. The largest absolute Gasteiger partial charge is 0.478 e. The van der Waals surface area contributed by atoms with Gasteiger partial charge in [-0.1, -0.05) is 0 Å². The average molecular weight is 271 g/mol. The molecule has 0 aromatic carbocycles. The highest BCUT2D eigenvalue weighted by Crippen LogP contribution is 2.26. The van der Waals surface area contributed by atoms with Gasteiger partial charge in [0.15, 0.2) is 0 Å². The summed E-state index contributed by atoms with van der Waals surface area (Å²) in [6, 6.07) is 0.192. The molecule has 2 N–H and O–H groups in total. The van der Waals surface area contributed by atoms with E-state index in [1.54, 1.807) is 6.92 Å². The minimum absolute atomic E-state index is 0.116. The van der Waals surface area contributed by atoms with Crippen molar-refractivity contribution in [3.8, 4) is 0 Å². The van der Waals surface area contributed by atoms with E-state index in [9.17, 15) is 9.59 Å². The van der Waals surface area contributed by atoms with Gasteiger partial charge in [0.2, 0.25) is 5.91 Å². The molecular formula is C13H21NO3S. The molecule has 5 heteroatoms. The van der Waals surface area contributed by atoms with Crippen molar-refractivity contribution in [2.45, 2.75) is 50.8 Å². The Morgan fingerprint density at radius 3 is 2.11 bits per heavy atom. The maximum absolute atomic E-state index is 11.9. The number of aliphatic carboxylic acids is 1. The van der Waals surface area contributed by atoms with Gasteiger partial charge in [0.05, 0.1) is 0 Å². The quantitative estimate of drug-likeness (QED) is 0.769. The molecule has 0 heterocycles. The van der Waals surface area contributed by atoms with Crippen LogP contribution < -0.4 is 5.32 Å². The van der Waals surface area contributed by atoms with Gasteiger partial charge in [-0.3, -0.25) is 4.79 Å². The van der Waals surface area contributed by atoms with E-state index in [-0.39, 0.29) is 17.5 Å². The first-order valence-electron chi connectivity index (χ1n) is 6.20. The normalized spacial score (nSPS) is 25.3. The predicted octanol–water partition coefficient (Wildman–Crippen LogP) is 2.20. The van der Waals surface area contributed by atoms with E-state index in [4.69, 9.17) is 5.11 Å². The molecular weight excluding hydrogens is 250 g/mol. The van der Waals surface area contributed by atoms with Crippen LogP contribution in [-0.2, 0) is 9.59 Å². The number of carbonyl (C=O) groups is 2. The maximum atomic E-state index is 11.9. The van der Waals surface area contributed by atoms with Crippen molar-refractivity contribution in [3.05, 3.63) is 11.1 Å². The van der Waals surface area contributed by atoms with Gasteiger partial charge in [-0.25, -0.2) is 4.79 Å². The lowest BCUT2D eigenvalue weighted by atomic mass is 9.94. The molecule has 102 valence electrons. The summed E-state index contributed by atoms with van der Waals surface area (Å²) in [5.41, 5.74) is 0.416. The van der Waals surface area contributed by atoms with Gasteiger partial charge in [-0.15, -0.1) is 0 Å². The third-order valence-electron chi connectivity index (χ3n) is 3.57. The topological polar surface area (TPSA) is 66.4 Å². The third-order valence-corrected chi connectivity index (χ3v) is 4.70. The Hall–Kier alpha value is -0.970. The fraction of sp³-hybridized carbons (Fsp3) is 0.692. The van der Waals surface area contributed by atoms with Gasteiger partial charge in [0.1, 0.15) is 0 Å². The Balaban J connectivity index is 2.51. The number of hydrogen-bond donors (Lipinski definition) is 2. The Morgan fingerprint density at radius 1 is 1.11 bits per heavy atom. The van der Waals surface area contributed by atoms with Crippen LogP contribution in [0.2, 0.25) is 0 Å². The van der Waals surface area contributed by atoms with E-state index in [1.807, 2.05) is 11.8 Å². The molecule has 0 radical (unpaired) electrons. The number of carboxylic acids is 1. The number of thioether (sulfide) groups is 1. The van der Waals surface area contributed by atoms with Gasteiger partial charge in [0, 0.05) is 22.4 Å². The molecule has 0 aliphatic heterocycles. The molecule has 1 aliphatic carbocycles. The second-order valence-corrected chi connectivity index (χ2v) is 5.88. The molecule has 1 amide bonds. The lowest BCUT2D eigenvalue weighted by Crippen LogP contribution is -2.38. The molecule has 0 aromatic heterocycles. The maximum Gasteiger partial charge on any atom is 0.331 e. The van der Waals surface area contributed by atoms with Crippen LogP contribution in [0.15, 0.2) is 11.1 Å². The molecule has 1 fully saturated rings. The summed E-state index contributed by atoms with van der Waals surface area (Å²) in [7, 11) is 0. The van der Waals surface area contributed by atoms with Gasteiger partial charge < -0.3 is 10.4 Å². The third kappa shape index (κ3) is 4.05. The Bertz CT molecular complexity index is 357. The summed E-state index contributed by atoms with van der Waals surface area (Å²) < 4.78 is 0.